The third kappa shape index (κ3) is 3.85. The number of likely N-dealkylation sites (N-methyl/N-ethyl adjacent to an activating group) is 1. The van der Waals surface area contributed by atoms with Crippen LogP contribution in [0.25, 0.3) is 0 Å². The Morgan fingerprint density at radius 1 is 1.59 bits per heavy atom. The lowest BCUT2D eigenvalue weighted by Crippen LogP contribution is -2.33. The Hall–Kier alpha value is -1.93. The number of nitrogens with zero attached hydrogens (tertiary/aromatic N) is 2. The molecule has 0 atom stereocenters. The zero-order valence-corrected chi connectivity index (χ0v) is 9.47. The van der Waals surface area contributed by atoms with Crippen LogP contribution >= 0.6 is 0 Å². The number of primary amides is 1. The van der Waals surface area contributed by atoms with Crippen molar-refractivity contribution >= 4 is 11.8 Å². The van der Waals surface area contributed by atoms with Gasteiger partial charge in [0.2, 0.25) is 5.91 Å². The van der Waals surface area contributed by atoms with Gasteiger partial charge in [0.25, 0.3) is 5.91 Å². The topological polar surface area (TPSA) is 127 Å². The molecule has 1 rings (SSSR count). The molecule has 0 fully saturated rings. The maximum Gasteiger partial charge on any atom is 0.287 e. The summed E-state index contributed by atoms with van der Waals surface area (Å²) >= 11 is 0. The van der Waals surface area contributed by atoms with Crippen LogP contribution in [0, 0.1) is 0 Å². The monoisotopic (exact) mass is 241 g/mol. The SMILES string of the molecule is CCN(CC(N)=O)Cc1cc(C(=O)NN)no1. The highest BCUT2D eigenvalue weighted by Gasteiger charge is 2.14. The number of hydrazine groups is 1. The van der Waals surface area contributed by atoms with E-state index in [4.69, 9.17) is 16.1 Å². The van der Waals surface area contributed by atoms with Gasteiger partial charge < -0.3 is 10.3 Å². The van der Waals surface area contributed by atoms with E-state index in [9.17, 15) is 9.59 Å². The first-order chi connectivity index (χ1) is 8.06. The molecule has 0 saturated carbocycles. The van der Waals surface area contributed by atoms with Crippen LogP contribution in [0.1, 0.15) is 23.2 Å². The fourth-order valence-corrected chi connectivity index (χ4v) is 1.29. The first kappa shape index (κ1) is 13.1. The van der Waals surface area contributed by atoms with Crippen LogP contribution in [0.4, 0.5) is 0 Å². The van der Waals surface area contributed by atoms with Crippen LogP contribution in [0.5, 0.6) is 0 Å². The van der Waals surface area contributed by atoms with Gasteiger partial charge in [0, 0.05) is 6.07 Å². The van der Waals surface area contributed by atoms with E-state index in [0.29, 0.717) is 18.8 Å². The fraction of sp³-hybridized carbons (Fsp3) is 0.444. The fourth-order valence-electron chi connectivity index (χ4n) is 1.29. The Labute approximate surface area is 97.9 Å². The van der Waals surface area contributed by atoms with Gasteiger partial charge >= 0.3 is 0 Å². The van der Waals surface area contributed by atoms with E-state index in [-0.39, 0.29) is 12.2 Å². The molecule has 0 spiro atoms. The molecule has 0 unspecified atom stereocenters. The molecule has 0 radical (unpaired) electrons. The zero-order valence-electron chi connectivity index (χ0n) is 9.47. The Balaban J connectivity index is 2.64. The summed E-state index contributed by atoms with van der Waals surface area (Å²) in [6, 6.07) is 1.46. The predicted molar refractivity (Wildman–Crippen MR) is 58.3 cm³/mol. The van der Waals surface area contributed by atoms with E-state index < -0.39 is 11.8 Å². The number of hydrogen-bond donors (Lipinski definition) is 3. The third-order valence-electron chi connectivity index (χ3n) is 2.13. The van der Waals surface area contributed by atoms with Crippen molar-refractivity contribution in [1.29, 1.82) is 0 Å². The summed E-state index contributed by atoms with van der Waals surface area (Å²) < 4.78 is 4.94. The molecule has 8 heteroatoms. The normalized spacial score (nSPS) is 10.5. The average molecular weight is 241 g/mol. The summed E-state index contributed by atoms with van der Waals surface area (Å²) in [4.78, 5) is 23.6. The molecule has 5 N–H and O–H groups in total. The van der Waals surface area contributed by atoms with Crippen molar-refractivity contribution < 1.29 is 14.1 Å². The van der Waals surface area contributed by atoms with Crippen LogP contribution in [0.15, 0.2) is 10.6 Å². The Morgan fingerprint density at radius 3 is 2.82 bits per heavy atom. The van der Waals surface area contributed by atoms with Crippen molar-refractivity contribution in [3.63, 3.8) is 0 Å². The second-order valence-electron chi connectivity index (χ2n) is 3.42. The van der Waals surface area contributed by atoms with Crippen molar-refractivity contribution in [1.82, 2.24) is 15.5 Å². The minimum Gasteiger partial charge on any atom is -0.369 e. The number of nitrogen functional groups attached to an aromatic ring is 1. The van der Waals surface area contributed by atoms with Crippen LogP contribution in [0.3, 0.4) is 0 Å². The Bertz CT molecular complexity index is 403. The molecule has 0 aliphatic rings. The van der Waals surface area contributed by atoms with Crippen LogP contribution < -0.4 is 17.0 Å². The summed E-state index contributed by atoms with van der Waals surface area (Å²) in [7, 11) is 0. The van der Waals surface area contributed by atoms with Gasteiger partial charge in [-0.2, -0.15) is 0 Å². The highest BCUT2D eigenvalue weighted by Crippen LogP contribution is 2.06. The minimum absolute atomic E-state index is 0.0950. The molecule has 0 aliphatic heterocycles. The number of rotatable bonds is 6. The second-order valence-corrected chi connectivity index (χ2v) is 3.42. The molecule has 0 aromatic carbocycles. The third-order valence-corrected chi connectivity index (χ3v) is 2.13. The minimum atomic E-state index is -0.530. The van der Waals surface area contributed by atoms with Gasteiger partial charge in [-0.3, -0.25) is 19.9 Å². The smallest absolute Gasteiger partial charge is 0.287 e. The van der Waals surface area contributed by atoms with Crippen molar-refractivity contribution in [2.75, 3.05) is 13.1 Å². The lowest BCUT2D eigenvalue weighted by atomic mass is 10.3. The van der Waals surface area contributed by atoms with E-state index in [1.54, 1.807) is 4.90 Å². The van der Waals surface area contributed by atoms with Crippen molar-refractivity contribution in [3.05, 3.63) is 17.5 Å². The highest BCUT2D eigenvalue weighted by atomic mass is 16.5. The van der Waals surface area contributed by atoms with E-state index in [1.165, 1.54) is 6.07 Å². The zero-order chi connectivity index (χ0) is 12.8. The van der Waals surface area contributed by atoms with Gasteiger partial charge in [0.15, 0.2) is 11.5 Å². The number of nitrogens with two attached hydrogens (primary N) is 2. The van der Waals surface area contributed by atoms with Crippen molar-refractivity contribution in [2.45, 2.75) is 13.5 Å². The van der Waals surface area contributed by atoms with Gasteiger partial charge in [0.05, 0.1) is 13.1 Å². The van der Waals surface area contributed by atoms with Crippen LogP contribution in [0.2, 0.25) is 0 Å². The quantitative estimate of drug-likeness (QED) is 0.319. The molecular weight excluding hydrogens is 226 g/mol. The molecule has 8 nitrogen and oxygen atoms in total. The molecule has 0 bridgehead atoms. The summed E-state index contributed by atoms with van der Waals surface area (Å²) in [6.07, 6.45) is 0. The van der Waals surface area contributed by atoms with E-state index in [0.717, 1.165) is 0 Å². The molecule has 2 amide bonds. The standard InChI is InChI=1S/C9H15N5O3/c1-2-14(5-8(10)15)4-6-3-7(13-17-6)9(16)12-11/h3H,2,4-5,11H2,1H3,(H2,10,15)(H,12,16). The number of nitrogens with one attached hydrogen (secondary N) is 1. The number of carbonyl (C=O) groups excluding carboxylic acids is 2. The molecule has 0 aliphatic carbocycles. The summed E-state index contributed by atoms with van der Waals surface area (Å²) in [5.74, 6) is 4.46. The van der Waals surface area contributed by atoms with Crippen LogP contribution in [-0.2, 0) is 11.3 Å². The molecule has 0 saturated heterocycles. The largest absolute Gasteiger partial charge is 0.369 e. The second kappa shape index (κ2) is 5.97. The van der Waals surface area contributed by atoms with Gasteiger partial charge in [-0.05, 0) is 6.54 Å². The first-order valence-electron chi connectivity index (χ1n) is 5.04. The van der Waals surface area contributed by atoms with Gasteiger partial charge in [-0.15, -0.1) is 0 Å². The lowest BCUT2D eigenvalue weighted by molar-refractivity contribution is -0.119. The van der Waals surface area contributed by atoms with Crippen molar-refractivity contribution in [2.24, 2.45) is 11.6 Å². The number of hydrogen-bond acceptors (Lipinski definition) is 6. The average Bonchev–Trinajstić information content (AvgIpc) is 2.75. The highest BCUT2D eigenvalue weighted by molar-refractivity contribution is 5.91. The maximum atomic E-state index is 11.1. The van der Waals surface area contributed by atoms with E-state index in [1.807, 2.05) is 12.3 Å². The van der Waals surface area contributed by atoms with Crippen molar-refractivity contribution in [3.8, 4) is 0 Å². The van der Waals surface area contributed by atoms with E-state index in [2.05, 4.69) is 5.16 Å². The number of aromatic nitrogens is 1. The molecule has 94 valence electrons. The first-order valence-corrected chi connectivity index (χ1v) is 5.04. The Morgan fingerprint density at radius 2 is 2.29 bits per heavy atom. The Kier molecular flexibility index (Phi) is 4.61. The predicted octanol–water partition coefficient (Wildman–Crippen LogP) is -1.41. The number of carbonyl (C=O) groups is 2. The summed E-state index contributed by atoms with van der Waals surface area (Å²) in [6.45, 7) is 2.98. The lowest BCUT2D eigenvalue weighted by Gasteiger charge is -2.15. The van der Waals surface area contributed by atoms with Crippen LogP contribution in [-0.4, -0.2) is 35.0 Å². The maximum absolute atomic E-state index is 11.1. The molecule has 1 aromatic rings. The summed E-state index contributed by atoms with van der Waals surface area (Å²) in [5.41, 5.74) is 7.13. The van der Waals surface area contributed by atoms with Gasteiger partial charge in [-0.25, -0.2) is 5.84 Å². The van der Waals surface area contributed by atoms with E-state index >= 15 is 0 Å². The van der Waals surface area contributed by atoms with Gasteiger partial charge in [0.1, 0.15) is 0 Å². The summed E-state index contributed by atoms with van der Waals surface area (Å²) in [5, 5.41) is 3.54. The molecule has 17 heavy (non-hydrogen) atoms. The van der Waals surface area contributed by atoms with Gasteiger partial charge in [-0.1, -0.05) is 12.1 Å². The molecular formula is C9H15N5O3. The molecule has 1 aromatic heterocycles. The molecule has 1 heterocycles. The number of amides is 2.